The summed E-state index contributed by atoms with van der Waals surface area (Å²) in [5.41, 5.74) is 12.0. The molecule has 0 atom stereocenters. The Kier molecular flexibility index (Phi) is 7.53. The van der Waals surface area contributed by atoms with Crippen LogP contribution in [0, 0.1) is 0 Å². The Labute approximate surface area is 292 Å². The fourth-order valence-corrected chi connectivity index (χ4v) is 7.10. The average Bonchev–Trinajstić information content (AvgIpc) is 3.59. The third kappa shape index (κ3) is 5.34. The molecular formula is C48H33NO. The van der Waals surface area contributed by atoms with E-state index in [1.165, 1.54) is 21.9 Å². The largest absolute Gasteiger partial charge is 0.455 e. The number of furan rings is 1. The molecule has 1 heterocycles. The lowest BCUT2D eigenvalue weighted by Crippen LogP contribution is -2.12. The lowest BCUT2D eigenvalue weighted by Gasteiger charge is -2.29. The molecule has 8 aromatic carbocycles. The number of nitrogens with zero attached hydrogens (tertiary/aromatic N) is 1. The van der Waals surface area contributed by atoms with E-state index in [2.05, 4.69) is 199 Å². The molecule has 0 fully saturated rings. The summed E-state index contributed by atoms with van der Waals surface area (Å²) in [5, 5.41) is 3.58. The number of fused-ring (bicyclic) bond motifs is 2. The Morgan fingerprint density at radius 1 is 0.360 bits per heavy atom. The Morgan fingerprint density at radius 3 is 1.68 bits per heavy atom. The standard InChI is InChI=1S/C48H33NO/c1-3-16-36(17-4-1)41-21-9-12-24-44(41)49(40-31-29-35(30-32-40)39-28-27-34-15-7-8-20-38(34)33-39)45-25-13-10-22-42(45)48-47(37-18-5-2-6-19-37)43-23-11-14-26-46(43)50-48/h1-33H. The van der Waals surface area contributed by atoms with Crippen molar-refractivity contribution >= 4 is 38.8 Å². The van der Waals surface area contributed by atoms with Crippen LogP contribution in [-0.4, -0.2) is 0 Å². The summed E-state index contributed by atoms with van der Waals surface area (Å²) < 4.78 is 6.80. The molecule has 9 aromatic rings. The minimum Gasteiger partial charge on any atom is -0.455 e. The second-order valence-electron chi connectivity index (χ2n) is 12.5. The molecule has 236 valence electrons. The summed E-state index contributed by atoms with van der Waals surface area (Å²) in [6.45, 7) is 0. The summed E-state index contributed by atoms with van der Waals surface area (Å²) >= 11 is 0. The van der Waals surface area contributed by atoms with Crippen molar-refractivity contribution in [2.45, 2.75) is 0 Å². The number of rotatable bonds is 7. The first-order valence-corrected chi connectivity index (χ1v) is 17.0. The van der Waals surface area contributed by atoms with Crippen LogP contribution in [0.1, 0.15) is 0 Å². The van der Waals surface area contributed by atoms with Crippen molar-refractivity contribution < 1.29 is 4.42 Å². The van der Waals surface area contributed by atoms with Crippen molar-refractivity contribution in [2.24, 2.45) is 0 Å². The molecule has 0 aliphatic heterocycles. The zero-order valence-electron chi connectivity index (χ0n) is 27.4. The van der Waals surface area contributed by atoms with Crippen molar-refractivity contribution in [1.29, 1.82) is 0 Å². The quantitative estimate of drug-likeness (QED) is 0.173. The van der Waals surface area contributed by atoms with Crippen LogP contribution in [0.5, 0.6) is 0 Å². The highest BCUT2D eigenvalue weighted by atomic mass is 16.3. The number of anilines is 3. The average molecular weight is 640 g/mol. The molecule has 0 saturated heterocycles. The summed E-state index contributed by atoms with van der Waals surface area (Å²) in [5.74, 6) is 0.850. The zero-order valence-corrected chi connectivity index (χ0v) is 27.4. The zero-order chi connectivity index (χ0) is 33.3. The lowest BCUT2D eigenvalue weighted by molar-refractivity contribution is 0.632. The van der Waals surface area contributed by atoms with Crippen LogP contribution in [0.3, 0.4) is 0 Å². The predicted molar refractivity (Wildman–Crippen MR) is 210 cm³/mol. The van der Waals surface area contributed by atoms with E-state index in [9.17, 15) is 0 Å². The minimum absolute atomic E-state index is 0.850. The van der Waals surface area contributed by atoms with Gasteiger partial charge in [0.1, 0.15) is 11.3 Å². The molecule has 0 spiro atoms. The fourth-order valence-electron chi connectivity index (χ4n) is 7.10. The van der Waals surface area contributed by atoms with Gasteiger partial charge in [0.25, 0.3) is 0 Å². The maximum Gasteiger partial charge on any atom is 0.145 e. The molecule has 0 radical (unpaired) electrons. The van der Waals surface area contributed by atoms with E-state index < -0.39 is 0 Å². The molecule has 0 aliphatic rings. The molecule has 0 unspecified atom stereocenters. The van der Waals surface area contributed by atoms with Gasteiger partial charge in [-0.1, -0.05) is 158 Å². The normalized spacial score (nSPS) is 11.2. The third-order valence-corrected chi connectivity index (χ3v) is 9.49. The van der Waals surface area contributed by atoms with Crippen LogP contribution >= 0.6 is 0 Å². The Balaban J connectivity index is 1.26. The van der Waals surface area contributed by atoms with Gasteiger partial charge in [0, 0.05) is 27.8 Å². The summed E-state index contributed by atoms with van der Waals surface area (Å²) in [7, 11) is 0. The number of hydrogen-bond donors (Lipinski definition) is 0. The van der Waals surface area contributed by atoms with E-state index >= 15 is 0 Å². The monoisotopic (exact) mass is 639 g/mol. The van der Waals surface area contributed by atoms with Crippen LogP contribution in [0.15, 0.2) is 205 Å². The van der Waals surface area contributed by atoms with E-state index in [0.29, 0.717) is 0 Å². The van der Waals surface area contributed by atoms with Gasteiger partial charge in [-0.25, -0.2) is 0 Å². The molecule has 0 N–H and O–H groups in total. The molecule has 0 saturated carbocycles. The van der Waals surface area contributed by atoms with Gasteiger partial charge in [0.2, 0.25) is 0 Å². The molecule has 50 heavy (non-hydrogen) atoms. The maximum absolute atomic E-state index is 6.80. The molecule has 2 heteroatoms. The van der Waals surface area contributed by atoms with Gasteiger partial charge < -0.3 is 9.32 Å². The van der Waals surface area contributed by atoms with Crippen LogP contribution < -0.4 is 4.90 Å². The molecular weight excluding hydrogens is 607 g/mol. The van der Waals surface area contributed by atoms with Gasteiger partial charge in [0.15, 0.2) is 0 Å². The van der Waals surface area contributed by atoms with Crippen molar-refractivity contribution in [1.82, 2.24) is 0 Å². The topological polar surface area (TPSA) is 16.4 Å². The van der Waals surface area contributed by atoms with Crippen molar-refractivity contribution in [3.8, 4) is 44.7 Å². The number of benzene rings is 8. The smallest absolute Gasteiger partial charge is 0.145 e. The number of para-hydroxylation sites is 3. The van der Waals surface area contributed by atoms with Crippen LogP contribution in [0.2, 0.25) is 0 Å². The molecule has 9 rings (SSSR count). The fraction of sp³-hybridized carbons (Fsp3) is 0. The van der Waals surface area contributed by atoms with E-state index in [4.69, 9.17) is 4.42 Å². The van der Waals surface area contributed by atoms with E-state index in [1.54, 1.807) is 0 Å². The number of hydrogen-bond acceptors (Lipinski definition) is 2. The van der Waals surface area contributed by atoms with E-state index in [0.717, 1.165) is 61.6 Å². The van der Waals surface area contributed by atoms with E-state index in [-0.39, 0.29) is 0 Å². The summed E-state index contributed by atoms with van der Waals surface area (Å²) in [4.78, 5) is 2.38. The lowest BCUT2D eigenvalue weighted by atomic mass is 9.96. The van der Waals surface area contributed by atoms with Crippen molar-refractivity contribution in [2.75, 3.05) is 4.90 Å². The Bertz CT molecular complexity index is 2580. The van der Waals surface area contributed by atoms with Crippen LogP contribution in [0.25, 0.3) is 66.4 Å². The SMILES string of the molecule is c1ccc(-c2ccccc2N(c2ccc(-c3ccc4ccccc4c3)cc2)c2ccccc2-c2oc3ccccc3c2-c2ccccc2)cc1. The third-order valence-electron chi connectivity index (χ3n) is 9.49. The highest BCUT2D eigenvalue weighted by molar-refractivity contribution is 6.04. The highest BCUT2D eigenvalue weighted by Gasteiger charge is 2.25. The van der Waals surface area contributed by atoms with Gasteiger partial charge in [-0.2, -0.15) is 0 Å². The van der Waals surface area contributed by atoms with Gasteiger partial charge in [0.05, 0.1) is 11.4 Å². The predicted octanol–water partition coefficient (Wildman–Crippen LogP) is 13.7. The highest BCUT2D eigenvalue weighted by Crippen LogP contribution is 2.48. The first kappa shape index (κ1) is 29.5. The summed E-state index contributed by atoms with van der Waals surface area (Å²) in [6.07, 6.45) is 0. The molecule has 2 nitrogen and oxygen atoms in total. The Hall–Kier alpha value is -6.64. The first-order valence-electron chi connectivity index (χ1n) is 17.0. The second-order valence-corrected chi connectivity index (χ2v) is 12.5. The van der Waals surface area contributed by atoms with Gasteiger partial charge in [-0.3, -0.25) is 0 Å². The maximum atomic E-state index is 6.80. The van der Waals surface area contributed by atoms with Crippen molar-refractivity contribution in [3.63, 3.8) is 0 Å². The molecule has 0 amide bonds. The van der Waals surface area contributed by atoms with E-state index in [1.807, 2.05) is 6.07 Å². The Morgan fingerprint density at radius 2 is 0.920 bits per heavy atom. The van der Waals surface area contributed by atoms with Crippen molar-refractivity contribution in [3.05, 3.63) is 200 Å². The molecule has 1 aromatic heterocycles. The first-order chi connectivity index (χ1) is 24.8. The van der Waals surface area contributed by atoms with Gasteiger partial charge in [-0.05, 0) is 75.5 Å². The minimum atomic E-state index is 0.850. The van der Waals surface area contributed by atoms with Crippen LogP contribution in [-0.2, 0) is 0 Å². The van der Waals surface area contributed by atoms with Gasteiger partial charge >= 0.3 is 0 Å². The molecule has 0 aliphatic carbocycles. The van der Waals surface area contributed by atoms with Crippen LogP contribution in [0.4, 0.5) is 17.1 Å². The second kappa shape index (κ2) is 12.8. The summed E-state index contributed by atoms with van der Waals surface area (Å²) in [6, 6.07) is 70.9. The molecule has 0 bridgehead atoms. The van der Waals surface area contributed by atoms with Gasteiger partial charge in [-0.15, -0.1) is 0 Å².